The van der Waals surface area contributed by atoms with Gasteiger partial charge in [-0.25, -0.2) is 14.8 Å². The van der Waals surface area contributed by atoms with Crippen LogP contribution in [0.5, 0.6) is 0 Å². The minimum absolute atomic E-state index is 0. The Morgan fingerprint density at radius 1 is 1.45 bits per heavy atom. The molecule has 1 aromatic heterocycles. The van der Waals surface area contributed by atoms with E-state index in [-0.39, 0.29) is 24.2 Å². The number of hydrazine groups is 1. The Kier molecular flexibility index (Phi) is 6.63. The maximum atomic E-state index is 12.4. The first-order chi connectivity index (χ1) is 10.0. The van der Waals surface area contributed by atoms with Gasteiger partial charge in [-0.1, -0.05) is 25.4 Å². The zero-order valence-corrected chi connectivity index (χ0v) is 13.5. The number of nitrogens with one attached hydrogen (secondary N) is 1. The Hall–Kier alpha value is -1.80. The van der Waals surface area contributed by atoms with Gasteiger partial charge in [-0.05, 0) is 12.3 Å². The number of rotatable bonds is 4. The molecule has 3 N–H and O–H groups in total. The molecule has 1 aromatic rings. The summed E-state index contributed by atoms with van der Waals surface area (Å²) in [5.74, 6) is 0.154. The predicted octanol–water partition coefficient (Wildman–Crippen LogP) is 1.45. The third kappa shape index (κ3) is 3.89. The number of amides is 3. The Balaban J connectivity index is 0.00000242. The highest BCUT2D eigenvalue weighted by atomic mass is 35.5. The third-order valence-electron chi connectivity index (χ3n) is 3.74. The molecule has 2 rings (SSSR count). The molecule has 8 nitrogen and oxygen atoms in total. The van der Waals surface area contributed by atoms with E-state index in [4.69, 9.17) is 5.73 Å². The lowest BCUT2D eigenvalue weighted by Gasteiger charge is -2.31. The van der Waals surface area contributed by atoms with E-state index in [1.807, 2.05) is 13.8 Å². The summed E-state index contributed by atoms with van der Waals surface area (Å²) >= 11 is 0. The van der Waals surface area contributed by atoms with Gasteiger partial charge in [-0.3, -0.25) is 10.1 Å². The van der Waals surface area contributed by atoms with Crippen LogP contribution in [0.4, 0.5) is 10.6 Å². The van der Waals surface area contributed by atoms with Gasteiger partial charge < -0.3 is 10.3 Å². The number of nitrogens with two attached hydrogens (primary N) is 1. The summed E-state index contributed by atoms with van der Waals surface area (Å²) < 4.78 is 4.65. The number of carbonyl (C=O) groups excluding carboxylic acids is 2. The van der Waals surface area contributed by atoms with E-state index in [2.05, 4.69) is 15.0 Å². The van der Waals surface area contributed by atoms with Crippen molar-refractivity contribution >= 4 is 30.2 Å². The Morgan fingerprint density at radius 3 is 2.73 bits per heavy atom. The first-order valence-corrected chi connectivity index (χ1v) is 7.10. The number of halogens is 1. The number of nitrogens with zero attached hydrogens (tertiary/aromatic N) is 3. The predicted molar refractivity (Wildman–Crippen MR) is 83.2 cm³/mol. The van der Waals surface area contributed by atoms with Gasteiger partial charge in [-0.2, -0.15) is 0 Å². The van der Waals surface area contributed by atoms with Crippen LogP contribution in [0, 0.1) is 5.92 Å². The molecule has 1 aliphatic rings. The van der Waals surface area contributed by atoms with Crippen molar-refractivity contribution in [2.45, 2.75) is 32.7 Å². The number of urea groups is 1. The summed E-state index contributed by atoms with van der Waals surface area (Å²) in [6.07, 6.45) is 2.90. The van der Waals surface area contributed by atoms with Gasteiger partial charge in [-0.15, -0.1) is 12.4 Å². The lowest BCUT2D eigenvalue weighted by atomic mass is 9.99. The summed E-state index contributed by atoms with van der Waals surface area (Å²) in [6, 6.07) is 0.520. The van der Waals surface area contributed by atoms with Crippen molar-refractivity contribution in [3.63, 3.8) is 0 Å². The van der Waals surface area contributed by atoms with E-state index in [1.54, 1.807) is 0 Å². The first kappa shape index (κ1) is 18.2. The molecule has 0 unspecified atom stereocenters. The molecule has 22 heavy (non-hydrogen) atoms. The molecular formula is C13H22ClN5O3. The highest BCUT2D eigenvalue weighted by molar-refractivity contribution is 5.91. The maximum absolute atomic E-state index is 12.4. The molecule has 0 aliphatic carbocycles. The van der Waals surface area contributed by atoms with Crippen molar-refractivity contribution in [2.24, 2.45) is 11.7 Å². The highest BCUT2D eigenvalue weighted by Crippen LogP contribution is 2.17. The number of carbonyl (C=O) groups is 2. The van der Waals surface area contributed by atoms with E-state index in [0.29, 0.717) is 18.9 Å². The van der Waals surface area contributed by atoms with Crippen LogP contribution in [-0.4, -0.2) is 46.2 Å². The van der Waals surface area contributed by atoms with Gasteiger partial charge >= 0.3 is 6.03 Å². The zero-order chi connectivity index (χ0) is 15.4. The fourth-order valence-electron chi connectivity index (χ4n) is 2.17. The van der Waals surface area contributed by atoms with Crippen LogP contribution in [0.3, 0.4) is 0 Å². The van der Waals surface area contributed by atoms with Crippen LogP contribution in [0.2, 0.25) is 0 Å². The second-order valence-electron chi connectivity index (χ2n) is 5.16. The van der Waals surface area contributed by atoms with Crippen molar-refractivity contribution in [2.75, 3.05) is 18.4 Å². The largest absolute Gasteiger partial charge is 0.363 e. The van der Waals surface area contributed by atoms with Crippen LogP contribution in [0.15, 0.2) is 16.9 Å². The molecule has 2 heterocycles. The average molecular weight is 332 g/mol. The lowest BCUT2D eigenvalue weighted by molar-refractivity contribution is -0.142. The van der Waals surface area contributed by atoms with Crippen LogP contribution in [0.1, 0.15) is 26.7 Å². The normalized spacial score (nSPS) is 16.9. The SMILES string of the molecule is CC[C@H](C)[C@H](N)C(=O)N1CCCN1C(=O)Nc1ccon1.Cl. The van der Waals surface area contributed by atoms with E-state index >= 15 is 0 Å². The van der Waals surface area contributed by atoms with Crippen molar-refractivity contribution in [3.05, 3.63) is 12.3 Å². The van der Waals surface area contributed by atoms with Crippen LogP contribution < -0.4 is 11.1 Å². The lowest BCUT2D eigenvalue weighted by Crippen LogP contribution is -2.53. The summed E-state index contributed by atoms with van der Waals surface area (Å²) in [7, 11) is 0. The smallest absolute Gasteiger partial charge is 0.341 e. The van der Waals surface area contributed by atoms with Crippen LogP contribution >= 0.6 is 12.4 Å². The molecule has 124 valence electrons. The van der Waals surface area contributed by atoms with E-state index in [0.717, 1.165) is 12.8 Å². The van der Waals surface area contributed by atoms with Gasteiger partial charge in [0.2, 0.25) is 0 Å². The summed E-state index contributed by atoms with van der Waals surface area (Å²) in [4.78, 5) is 24.6. The third-order valence-corrected chi connectivity index (χ3v) is 3.74. The minimum atomic E-state index is -0.601. The standard InChI is InChI=1S/C13H21N5O3.ClH/c1-3-9(2)11(14)12(19)17-6-4-7-18(17)13(20)15-10-5-8-21-16-10;/h5,8-9,11H,3-4,6-7,14H2,1-2H3,(H,15,16,20);1H/t9-,11-;/m0./s1. The van der Waals surface area contributed by atoms with Crippen LogP contribution in [0.25, 0.3) is 0 Å². The van der Waals surface area contributed by atoms with Gasteiger partial charge in [0.25, 0.3) is 5.91 Å². The second-order valence-corrected chi connectivity index (χ2v) is 5.16. The van der Waals surface area contributed by atoms with Crippen molar-refractivity contribution in [1.29, 1.82) is 0 Å². The molecule has 3 amide bonds. The quantitative estimate of drug-likeness (QED) is 0.868. The van der Waals surface area contributed by atoms with Crippen molar-refractivity contribution < 1.29 is 14.1 Å². The first-order valence-electron chi connectivity index (χ1n) is 7.10. The molecule has 0 spiro atoms. The van der Waals surface area contributed by atoms with Crippen molar-refractivity contribution in [3.8, 4) is 0 Å². The molecule has 2 atom stereocenters. The highest BCUT2D eigenvalue weighted by Gasteiger charge is 2.34. The van der Waals surface area contributed by atoms with E-state index < -0.39 is 12.1 Å². The molecule has 0 aromatic carbocycles. The fraction of sp³-hybridized carbons (Fsp3) is 0.615. The van der Waals surface area contributed by atoms with Gasteiger partial charge in [0.15, 0.2) is 5.82 Å². The monoisotopic (exact) mass is 331 g/mol. The fourth-order valence-corrected chi connectivity index (χ4v) is 2.17. The Bertz CT molecular complexity index is 496. The topological polar surface area (TPSA) is 105 Å². The molecule has 9 heteroatoms. The molecular weight excluding hydrogens is 310 g/mol. The zero-order valence-electron chi connectivity index (χ0n) is 12.7. The average Bonchev–Trinajstić information content (AvgIpc) is 3.15. The molecule has 1 aliphatic heterocycles. The van der Waals surface area contributed by atoms with Crippen molar-refractivity contribution in [1.82, 2.24) is 15.2 Å². The number of hydrogen-bond acceptors (Lipinski definition) is 5. The second kappa shape index (κ2) is 8.00. The summed E-state index contributed by atoms with van der Waals surface area (Å²) in [5, 5.41) is 8.99. The minimum Gasteiger partial charge on any atom is -0.363 e. The van der Waals surface area contributed by atoms with Gasteiger partial charge in [0, 0.05) is 19.2 Å². The van der Waals surface area contributed by atoms with Crippen LogP contribution in [-0.2, 0) is 4.79 Å². The summed E-state index contributed by atoms with van der Waals surface area (Å²) in [6.45, 7) is 4.88. The summed E-state index contributed by atoms with van der Waals surface area (Å²) in [5.41, 5.74) is 5.97. The Morgan fingerprint density at radius 2 is 2.14 bits per heavy atom. The number of aromatic nitrogens is 1. The molecule has 0 radical (unpaired) electrons. The Labute approximate surface area is 135 Å². The number of hydrogen-bond donors (Lipinski definition) is 2. The van der Waals surface area contributed by atoms with E-state index in [9.17, 15) is 9.59 Å². The van der Waals surface area contributed by atoms with Gasteiger partial charge in [0.05, 0.1) is 6.04 Å². The maximum Gasteiger partial charge on any atom is 0.341 e. The van der Waals surface area contributed by atoms with E-state index in [1.165, 1.54) is 22.3 Å². The molecule has 1 saturated heterocycles. The molecule has 0 saturated carbocycles. The van der Waals surface area contributed by atoms with Gasteiger partial charge in [0.1, 0.15) is 6.26 Å². The molecule has 0 bridgehead atoms. The molecule has 1 fully saturated rings. The number of anilines is 1.